The first-order valence-corrected chi connectivity index (χ1v) is 5.76. The molecule has 1 aromatic heterocycles. The highest BCUT2D eigenvalue weighted by Gasteiger charge is 2.11. The Labute approximate surface area is 107 Å². The van der Waals surface area contributed by atoms with Gasteiger partial charge in [-0.05, 0) is 19.1 Å². The molecule has 0 saturated heterocycles. The number of hydrogen-bond acceptors (Lipinski definition) is 7. The van der Waals surface area contributed by atoms with Crippen molar-refractivity contribution in [1.29, 1.82) is 0 Å². The highest BCUT2D eigenvalue weighted by atomic mass is 32.1. The zero-order chi connectivity index (χ0) is 13.0. The second-order valence-electron chi connectivity index (χ2n) is 3.40. The van der Waals surface area contributed by atoms with Crippen molar-refractivity contribution in [2.75, 3.05) is 5.73 Å². The molecule has 1 aromatic carbocycles. The van der Waals surface area contributed by atoms with Crippen LogP contribution in [-0.4, -0.2) is 21.4 Å². The van der Waals surface area contributed by atoms with Crippen LogP contribution in [0.5, 0.6) is 5.75 Å². The molecular formula is C11H9N4O2S. The fourth-order valence-electron chi connectivity index (χ4n) is 1.13. The molecular weight excluding hydrogens is 252 g/mol. The average Bonchev–Trinajstić information content (AvgIpc) is 2.79. The number of nitrogens with zero attached hydrogens (tertiary/aromatic N) is 3. The lowest BCUT2D eigenvalue weighted by Gasteiger charge is -1.98. The molecule has 0 bridgehead atoms. The fourth-order valence-corrected chi connectivity index (χ4v) is 1.57. The molecule has 0 spiro atoms. The van der Waals surface area contributed by atoms with Crippen LogP contribution in [0.2, 0.25) is 0 Å². The number of aryl methyl sites for hydroxylation is 1. The van der Waals surface area contributed by atoms with Gasteiger partial charge in [-0.25, -0.2) is 0 Å². The third kappa shape index (κ3) is 2.89. The van der Waals surface area contributed by atoms with Crippen molar-refractivity contribution in [3.63, 3.8) is 0 Å². The summed E-state index contributed by atoms with van der Waals surface area (Å²) in [7, 11) is 0. The van der Waals surface area contributed by atoms with Crippen molar-refractivity contribution >= 4 is 28.7 Å². The van der Waals surface area contributed by atoms with Crippen LogP contribution in [0.15, 0.2) is 29.4 Å². The summed E-state index contributed by atoms with van der Waals surface area (Å²) >= 11 is 0.973. The van der Waals surface area contributed by atoms with E-state index in [0.717, 1.165) is 17.1 Å². The summed E-state index contributed by atoms with van der Waals surface area (Å²) in [5, 5.41) is 3.90. The van der Waals surface area contributed by atoms with E-state index in [1.165, 1.54) is 0 Å². The SMILES string of the molecule is Cc1ccc(O/N=C(\[C]=O)c2nsc(N)n2)cc1. The molecule has 18 heavy (non-hydrogen) atoms. The molecule has 1 radical (unpaired) electrons. The van der Waals surface area contributed by atoms with E-state index in [1.54, 1.807) is 18.4 Å². The molecule has 0 aliphatic carbocycles. The topological polar surface area (TPSA) is 90.5 Å². The number of oxime groups is 1. The van der Waals surface area contributed by atoms with Gasteiger partial charge in [0.2, 0.25) is 5.82 Å². The monoisotopic (exact) mass is 261 g/mol. The molecule has 1 heterocycles. The number of carbonyl (C=O) groups excluding carboxylic acids is 1. The Hall–Kier alpha value is -2.28. The Bertz CT molecular complexity index is 577. The molecule has 2 aromatic rings. The lowest BCUT2D eigenvalue weighted by atomic mass is 10.2. The molecule has 2 N–H and O–H groups in total. The minimum atomic E-state index is -0.122. The summed E-state index contributed by atoms with van der Waals surface area (Å²) in [6, 6.07) is 7.22. The van der Waals surface area contributed by atoms with Crippen molar-refractivity contribution in [3.8, 4) is 5.75 Å². The van der Waals surface area contributed by atoms with Gasteiger partial charge in [-0.1, -0.05) is 22.9 Å². The maximum absolute atomic E-state index is 10.7. The first-order chi connectivity index (χ1) is 8.69. The van der Waals surface area contributed by atoms with Gasteiger partial charge < -0.3 is 10.6 Å². The molecule has 0 saturated carbocycles. The predicted octanol–water partition coefficient (Wildman–Crippen LogP) is 1.32. The van der Waals surface area contributed by atoms with E-state index in [2.05, 4.69) is 14.5 Å². The van der Waals surface area contributed by atoms with Gasteiger partial charge in [0.1, 0.15) is 0 Å². The van der Waals surface area contributed by atoms with Crippen molar-refractivity contribution in [2.45, 2.75) is 6.92 Å². The summed E-state index contributed by atoms with van der Waals surface area (Å²) in [5.74, 6) is 0.621. The molecule has 0 fully saturated rings. The van der Waals surface area contributed by atoms with E-state index in [-0.39, 0.29) is 16.7 Å². The Morgan fingerprint density at radius 1 is 1.44 bits per heavy atom. The Morgan fingerprint density at radius 3 is 2.72 bits per heavy atom. The lowest BCUT2D eigenvalue weighted by Crippen LogP contribution is -2.07. The minimum absolute atomic E-state index is 0.111. The summed E-state index contributed by atoms with van der Waals surface area (Å²) < 4.78 is 3.85. The van der Waals surface area contributed by atoms with Crippen LogP contribution in [0.1, 0.15) is 11.4 Å². The van der Waals surface area contributed by atoms with Crippen LogP contribution in [0.4, 0.5) is 5.13 Å². The molecule has 91 valence electrons. The number of anilines is 1. The molecule has 0 atom stereocenters. The highest BCUT2D eigenvalue weighted by molar-refractivity contribution is 7.09. The highest BCUT2D eigenvalue weighted by Crippen LogP contribution is 2.12. The number of nitrogen functional groups attached to an aromatic ring is 1. The molecule has 0 aliphatic heterocycles. The van der Waals surface area contributed by atoms with Gasteiger partial charge in [0.25, 0.3) is 6.29 Å². The molecule has 0 unspecified atom stereocenters. The average molecular weight is 261 g/mol. The molecule has 2 rings (SSSR count). The summed E-state index contributed by atoms with van der Waals surface area (Å²) in [4.78, 5) is 19.6. The van der Waals surface area contributed by atoms with Gasteiger partial charge in [0, 0.05) is 11.5 Å². The molecule has 7 heteroatoms. The second kappa shape index (κ2) is 5.37. The number of nitrogens with two attached hydrogens (primary N) is 1. The summed E-state index contributed by atoms with van der Waals surface area (Å²) in [5.41, 5.74) is 6.39. The van der Waals surface area contributed by atoms with Crippen molar-refractivity contribution in [2.24, 2.45) is 5.16 Å². The standard InChI is InChI=1S/C11H9N4O2S/c1-7-2-4-8(5-3-7)17-14-9(6-16)10-13-11(12)18-15-10/h2-5H,1H3,(H2,12,13,15)/b14-9+. The number of benzene rings is 1. The van der Waals surface area contributed by atoms with Gasteiger partial charge in [-0.3, -0.25) is 4.79 Å². The van der Waals surface area contributed by atoms with Crippen molar-refractivity contribution < 1.29 is 9.63 Å². The predicted molar refractivity (Wildman–Crippen MR) is 68.4 cm³/mol. The maximum atomic E-state index is 10.7. The van der Waals surface area contributed by atoms with E-state index in [9.17, 15) is 4.79 Å². The van der Waals surface area contributed by atoms with Crippen LogP contribution < -0.4 is 10.6 Å². The normalized spacial score (nSPS) is 11.3. The number of rotatable bonds is 4. The van der Waals surface area contributed by atoms with Gasteiger partial charge in [0.15, 0.2) is 16.6 Å². The van der Waals surface area contributed by atoms with Crippen LogP contribution in [0.25, 0.3) is 0 Å². The summed E-state index contributed by atoms with van der Waals surface area (Å²) in [6.07, 6.45) is 1.61. The first-order valence-electron chi connectivity index (χ1n) is 4.98. The third-order valence-corrected chi connectivity index (χ3v) is 2.56. The zero-order valence-electron chi connectivity index (χ0n) is 9.45. The molecule has 0 aliphatic rings. The summed E-state index contributed by atoms with van der Waals surface area (Å²) in [6.45, 7) is 1.96. The Balaban J connectivity index is 2.15. The maximum Gasteiger partial charge on any atom is 0.261 e. The van der Waals surface area contributed by atoms with Crippen LogP contribution >= 0.6 is 11.5 Å². The molecule has 0 amide bonds. The second-order valence-corrected chi connectivity index (χ2v) is 4.19. The molecule has 6 nitrogen and oxygen atoms in total. The van der Waals surface area contributed by atoms with Gasteiger partial charge in [0.05, 0.1) is 0 Å². The number of aromatic nitrogens is 2. The quantitative estimate of drug-likeness (QED) is 0.662. The number of hydrogen-bond donors (Lipinski definition) is 1. The van der Waals surface area contributed by atoms with E-state index >= 15 is 0 Å². The van der Waals surface area contributed by atoms with Crippen LogP contribution in [0.3, 0.4) is 0 Å². The largest absolute Gasteiger partial charge is 0.374 e. The van der Waals surface area contributed by atoms with Gasteiger partial charge in [-0.2, -0.15) is 9.36 Å². The van der Waals surface area contributed by atoms with Crippen LogP contribution in [-0.2, 0) is 4.79 Å². The van der Waals surface area contributed by atoms with Gasteiger partial charge in [-0.15, -0.1) is 0 Å². The van der Waals surface area contributed by atoms with Crippen molar-refractivity contribution in [3.05, 3.63) is 35.7 Å². The lowest BCUT2D eigenvalue weighted by molar-refractivity contribution is 0.342. The first kappa shape index (κ1) is 12.2. The van der Waals surface area contributed by atoms with Crippen molar-refractivity contribution in [1.82, 2.24) is 9.36 Å². The fraction of sp³-hybridized carbons (Fsp3) is 0.0909. The van der Waals surface area contributed by atoms with E-state index in [0.29, 0.717) is 5.75 Å². The van der Waals surface area contributed by atoms with Gasteiger partial charge >= 0.3 is 0 Å². The smallest absolute Gasteiger partial charge is 0.261 e. The zero-order valence-corrected chi connectivity index (χ0v) is 10.3. The third-order valence-electron chi connectivity index (χ3n) is 2.01. The Kier molecular flexibility index (Phi) is 3.63. The van der Waals surface area contributed by atoms with E-state index in [1.807, 2.05) is 19.1 Å². The van der Waals surface area contributed by atoms with Crippen LogP contribution in [0, 0.1) is 6.92 Å². The van der Waals surface area contributed by atoms with E-state index < -0.39 is 0 Å². The Morgan fingerprint density at radius 2 is 2.17 bits per heavy atom. The minimum Gasteiger partial charge on any atom is -0.374 e. The van der Waals surface area contributed by atoms with E-state index in [4.69, 9.17) is 10.6 Å².